The van der Waals surface area contributed by atoms with Crippen LogP contribution in [0.15, 0.2) is 71.4 Å². The molecule has 0 aliphatic carbocycles. The van der Waals surface area contributed by atoms with Crippen molar-refractivity contribution in [3.05, 3.63) is 99.2 Å². The molecular formula is C24H15Cl2F2N3O3. The Morgan fingerprint density at radius 2 is 1.62 bits per heavy atom. The largest absolute Gasteiger partial charge is 0.349 e. The zero-order chi connectivity index (χ0) is 24.6. The Balaban J connectivity index is 1.58. The van der Waals surface area contributed by atoms with E-state index in [9.17, 15) is 23.2 Å². The normalized spacial score (nSPS) is 13.5. The molecule has 3 amide bonds. The van der Waals surface area contributed by atoms with E-state index in [-0.39, 0.29) is 27.0 Å². The summed E-state index contributed by atoms with van der Waals surface area (Å²) in [6, 6.07) is 13.4. The molecule has 1 heterocycles. The third-order valence-corrected chi connectivity index (χ3v) is 5.69. The summed E-state index contributed by atoms with van der Waals surface area (Å²) in [7, 11) is 0. The van der Waals surface area contributed by atoms with Gasteiger partial charge in [0.1, 0.15) is 22.4 Å². The predicted octanol–water partition coefficient (Wildman–Crippen LogP) is 5.61. The summed E-state index contributed by atoms with van der Waals surface area (Å²) in [6.45, 7) is 1.73. The summed E-state index contributed by atoms with van der Waals surface area (Å²) >= 11 is 11.9. The summed E-state index contributed by atoms with van der Waals surface area (Å²) < 4.78 is 26.6. The monoisotopic (exact) mass is 501 g/mol. The van der Waals surface area contributed by atoms with Crippen molar-refractivity contribution >= 4 is 58.0 Å². The highest BCUT2D eigenvalue weighted by molar-refractivity contribution is 6.53. The Morgan fingerprint density at radius 3 is 2.29 bits per heavy atom. The minimum Gasteiger partial charge on any atom is -0.349 e. The third-order valence-electron chi connectivity index (χ3n) is 5.05. The summed E-state index contributed by atoms with van der Waals surface area (Å²) in [5.74, 6) is -3.17. The quantitative estimate of drug-likeness (QED) is 0.445. The van der Waals surface area contributed by atoms with Crippen molar-refractivity contribution < 1.29 is 23.2 Å². The van der Waals surface area contributed by atoms with Crippen molar-refractivity contribution in [2.45, 2.75) is 6.92 Å². The molecule has 0 unspecified atom stereocenters. The molecule has 0 radical (unpaired) electrons. The van der Waals surface area contributed by atoms with Crippen LogP contribution in [-0.4, -0.2) is 17.7 Å². The summed E-state index contributed by atoms with van der Waals surface area (Å²) in [6.07, 6.45) is 0. The van der Waals surface area contributed by atoms with Gasteiger partial charge in [-0.05, 0) is 67.1 Å². The fourth-order valence-electron chi connectivity index (χ4n) is 3.24. The maximum Gasteiger partial charge on any atom is 0.283 e. The molecule has 3 aromatic carbocycles. The first kappa shape index (κ1) is 23.4. The van der Waals surface area contributed by atoms with Crippen LogP contribution in [0.4, 0.5) is 25.8 Å². The van der Waals surface area contributed by atoms with Crippen LogP contribution in [0.25, 0.3) is 0 Å². The molecule has 4 rings (SSSR count). The van der Waals surface area contributed by atoms with Crippen LogP contribution in [-0.2, 0) is 9.59 Å². The first-order valence-electron chi connectivity index (χ1n) is 9.84. The van der Waals surface area contributed by atoms with Gasteiger partial charge < -0.3 is 10.6 Å². The van der Waals surface area contributed by atoms with Crippen LogP contribution in [0.1, 0.15) is 15.9 Å². The van der Waals surface area contributed by atoms with Gasteiger partial charge in [-0.2, -0.15) is 0 Å². The molecule has 6 nitrogen and oxygen atoms in total. The number of anilines is 3. The Bertz CT molecular complexity index is 1370. The first-order valence-corrected chi connectivity index (χ1v) is 10.6. The van der Waals surface area contributed by atoms with Crippen molar-refractivity contribution in [3.63, 3.8) is 0 Å². The number of amides is 3. The molecule has 2 N–H and O–H groups in total. The molecule has 0 saturated heterocycles. The van der Waals surface area contributed by atoms with E-state index in [0.29, 0.717) is 16.9 Å². The molecule has 1 aliphatic heterocycles. The maximum atomic E-state index is 13.5. The zero-order valence-electron chi connectivity index (χ0n) is 17.5. The number of rotatable bonds is 5. The lowest BCUT2D eigenvalue weighted by molar-refractivity contribution is -0.120. The lowest BCUT2D eigenvalue weighted by Gasteiger charge is -2.16. The number of carbonyl (C=O) groups is 3. The summed E-state index contributed by atoms with van der Waals surface area (Å²) in [5.41, 5.74) is 1.52. The van der Waals surface area contributed by atoms with Gasteiger partial charge in [-0.1, -0.05) is 29.3 Å². The van der Waals surface area contributed by atoms with Crippen LogP contribution in [0, 0.1) is 18.6 Å². The van der Waals surface area contributed by atoms with E-state index in [1.54, 1.807) is 19.1 Å². The number of hydrogen-bond acceptors (Lipinski definition) is 4. The minimum absolute atomic E-state index is 0.0560. The lowest BCUT2D eigenvalue weighted by Crippen LogP contribution is -2.32. The fourth-order valence-corrected chi connectivity index (χ4v) is 3.63. The second-order valence-corrected chi connectivity index (χ2v) is 8.13. The second-order valence-electron chi connectivity index (χ2n) is 7.35. The standard InChI is InChI=1S/C24H15Cl2F2N3O3/c1-12-2-3-13(22(32)29-15-6-4-14(27)5-7-15)10-19(12)30-21-20(26)23(33)31(24(21)34)16-8-9-18(28)17(25)11-16/h2-11,30H,1H3,(H,29,32). The zero-order valence-corrected chi connectivity index (χ0v) is 19.0. The molecule has 0 spiro atoms. The van der Waals surface area contributed by atoms with Crippen molar-refractivity contribution in [1.82, 2.24) is 0 Å². The summed E-state index contributed by atoms with van der Waals surface area (Å²) in [4.78, 5) is 39.0. The predicted molar refractivity (Wildman–Crippen MR) is 126 cm³/mol. The van der Waals surface area contributed by atoms with E-state index in [1.165, 1.54) is 36.4 Å². The van der Waals surface area contributed by atoms with Gasteiger partial charge in [-0.3, -0.25) is 14.4 Å². The Labute approximate surface area is 202 Å². The van der Waals surface area contributed by atoms with Crippen LogP contribution in [0.2, 0.25) is 5.02 Å². The number of aryl methyl sites for hydroxylation is 1. The number of nitrogens with one attached hydrogen (secondary N) is 2. The van der Waals surface area contributed by atoms with Crippen LogP contribution in [0.3, 0.4) is 0 Å². The van der Waals surface area contributed by atoms with E-state index in [4.69, 9.17) is 23.2 Å². The van der Waals surface area contributed by atoms with E-state index in [0.717, 1.165) is 17.0 Å². The number of halogens is 4. The van der Waals surface area contributed by atoms with Gasteiger partial charge >= 0.3 is 0 Å². The first-order chi connectivity index (χ1) is 16.2. The van der Waals surface area contributed by atoms with Gasteiger partial charge in [-0.25, -0.2) is 13.7 Å². The SMILES string of the molecule is Cc1ccc(C(=O)Nc2ccc(F)cc2)cc1NC1=C(Cl)C(=O)N(c2ccc(F)c(Cl)c2)C1=O. The summed E-state index contributed by atoms with van der Waals surface area (Å²) in [5, 5.41) is 4.85. The molecule has 34 heavy (non-hydrogen) atoms. The molecule has 10 heteroatoms. The molecule has 3 aromatic rings. The van der Waals surface area contributed by atoms with Crippen LogP contribution in [0.5, 0.6) is 0 Å². The van der Waals surface area contributed by atoms with Gasteiger partial charge in [0, 0.05) is 16.9 Å². The van der Waals surface area contributed by atoms with Gasteiger partial charge in [0.25, 0.3) is 17.7 Å². The Kier molecular flexibility index (Phi) is 6.37. The van der Waals surface area contributed by atoms with Gasteiger partial charge in [0.05, 0.1) is 10.7 Å². The molecule has 172 valence electrons. The highest BCUT2D eigenvalue weighted by atomic mass is 35.5. The van der Waals surface area contributed by atoms with Crippen molar-refractivity contribution in [2.75, 3.05) is 15.5 Å². The van der Waals surface area contributed by atoms with Crippen molar-refractivity contribution in [2.24, 2.45) is 0 Å². The molecule has 0 bridgehead atoms. The van der Waals surface area contributed by atoms with E-state index in [1.807, 2.05) is 0 Å². The molecule has 0 aromatic heterocycles. The van der Waals surface area contributed by atoms with Gasteiger partial charge in [0.2, 0.25) is 0 Å². The number of carbonyl (C=O) groups excluding carboxylic acids is 3. The topological polar surface area (TPSA) is 78.5 Å². The number of nitrogens with zero attached hydrogens (tertiary/aromatic N) is 1. The van der Waals surface area contributed by atoms with Gasteiger partial charge in [0.15, 0.2) is 0 Å². The average molecular weight is 502 g/mol. The number of hydrogen-bond donors (Lipinski definition) is 2. The number of benzene rings is 3. The Hall–Kier alpha value is -3.75. The van der Waals surface area contributed by atoms with E-state index in [2.05, 4.69) is 10.6 Å². The van der Waals surface area contributed by atoms with Crippen LogP contribution >= 0.6 is 23.2 Å². The molecule has 1 aliphatic rings. The van der Waals surface area contributed by atoms with E-state index < -0.39 is 29.4 Å². The number of imide groups is 1. The molecule has 0 saturated carbocycles. The molecule has 0 fully saturated rings. The molecule has 0 atom stereocenters. The fraction of sp³-hybridized carbons (Fsp3) is 0.0417. The highest BCUT2D eigenvalue weighted by Gasteiger charge is 2.39. The Morgan fingerprint density at radius 1 is 0.912 bits per heavy atom. The minimum atomic E-state index is -0.806. The van der Waals surface area contributed by atoms with Gasteiger partial charge in [-0.15, -0.1) is 0 Å². The second kappa shape index (κ2) is 9.24. The lowest BCUT2D eigenvalue weighted by atomic mass is 10.1. The van der Waals surface area contributed by atoms with Crippen LogP contribution < -0.4 is 15.5 Å². The van der Waals surface area contributed by atoms with Crippen molar-refractivity contribution in [1.29, 1.82) is 0 Å². The maximum absolute atomic E-state index is 13.5. The highest BCUT2D eigenvalue weighted by Crippen LogP contribution is 2.33. The van der Waals surface area contributed by atoms with Crippen molar-refractivity contribution in [3.8, 4) is 0 Å². The van der Waals surface area contributed by atoms with E-state index >= 15 is 0 Å². The average Bonchev–Trinajstić information content (AvgIpc) is 3.01. The smallest absolute Gasteiger partial charge is 0.283 e. The molecular weight excluding hydrogens is 487 g/mol. The third kappa shape index (κ3) is 4.50.